The Morgan fingerprint density at radius 3 is 2.59 bits per heavy atom. The van der Waals surface area contributed by atoms with Crippen molar-refractivity contribution in [1.82, 2.24) is 0 Å². The molecule has 4 bridgehead atoms. The zero-order chi connectivity index (χ0) is 23.3. The number of ether oxygens (including phenoxy) is 3. The van der Waals surface area contributed by atoms with Crippen molar-refractivity contribution in [3.63, 3.8) is 0 Å². The van der Waals surface area contributed by atoms with Gasteiger partial charge in [0.25, 0.3) is 0 Å². The van der Waals surface area contributed by atoms with Gasteiger partial charge >= 0.3 is 11.9 Å². The van der Waals surface area contributed by atoms with E-state index >= 15 is 0 Å². The SMILES string of the molecule is C=C1C(=O)[C@]23C[C@H]1C[C@@H](OC(C)=O)[C@H]2[C@]12CCC[C@@](C)(COC(C)=O)[C@H]1[C@H](O)[C@@]3(O)OC2. The summed E-state index contributed by atoms with van der Waals surface area (Å²) < 4.78 is 17.2. The van der Waals surface area contributed by atoms with Crippen molar-refractivity contribution in [1.29, 1.82) is 0 Å². The molecule has 6 rings (SSSR count). The van der Waals surface area contributed by atoms with Gasteiger partial charge in [-0.1, -0.05) is 19.9 Å². The zero-order valence-corrected chi connectivity index (χ0v) is 18.9. The van der Waals surface area contributed by atoms with Crippen LogP contribution < -0.4 is 0 Å². The van der Waals surface area contributed by atoms with Crippen LogP contribution in [0.4, 0.5) is 0 Å². The fraction of sp³-hybridized carbons (Fsp3) is 0.792. The van der Waals surface area contributed by atoms with E-state index in [9.17, 15) is 24.6 Å². The summed E-state index contributed by atoms with van der Waals surface area (Å²) in [6, 6.07) is 0. The predicted octanol–water partition coefficient (Wildman–Crippen LogP) is 1.52. The minimum atomic E-state index is -2.12. The molecule has 2 spiro atoms. The van der Waals surface area contributed by atoms with Crippen LogP contribution in [-0.2, 0) is 28.6 Å². The van der Waals surface area contributed by atoms with Crippen LogP contribution >= 0.6 is 0 Å². The number of hydrogen-bond donors (Lipinski definition) is 2. The number of allylic oxidation sites excluding steroid dienone is 1. The highest BCUT2D eigenvalue weighted by Gasteiger charge is 2.85. The molecule has 32 heavy (non-hydrogen) atoms. The van der Waals surface area contributed by atoms with Crippen LogP contribution in [0.25, 0.3) is 0 Å². The summed E-state index contributed by atoms with van der Waals surface area (Å²) >= 11 is 0. The zero-order valence-electron chi connectivity index (χ0n) is 18.9. The van der Waals surface area contributed by atoms with Crippen LogP contribution in [0, 0.1) is 34.0 Å². The maximum absolute atomic E-state index is 13.7. The van der Waals surface area contributed by atoms with Gasteiger partial charge in [0.1, 0.15) is 12.2 Å². The van der Waals surface area contributed by atoms with E-state index in [-0.39, 0.29) is 24.9 Å². The van der Waals surface area contributed by atoms with Crippen molar-refractivity contribution in [2.75, 3.05) is 13.2 Å². The second kappa shape index (κ2) is 6.64. The first-order chi connectivity index (χ1) is 14.9. The standard InChI is InChI=1S/C24H32O8/c1-12-15-8-16(32-14(3)26)17-22-7-5-6-21(4,10-30-13(2)25)18(22)20(28)24(29,31-11-22)23(17,9-15)19(12)27/h15-18,20,28-29H,1,5-11H2,2-4H3/t15-,16-,17+,18-,20+,21+,22-,23+,24-/m1/s1. The third-order valence-corrected chi connectivity index (χ3v) is 9.40. The first kappa shape index (κ1) is 22.0. The number of aliphatic hydroxyl groups is 2. The summed E-state index contributed by atoms with van der Waals surface area (Å²) in [5.41, 5.74) is -2.32. The molecule has 6 aliphatic rings. The van der Waals surface area contributed by atoms with E-state index in [1.165, 1.54) is 13.8 Å². The Morgan fingerprint density at radius 1 is 1.22 bits per heavy atom. The topological polar surface area (TPSA) is 119 Å². The molecule has 2 heterocycles. The Bertz CT molecular complexity index is 914. The van der Waals surface area contributed by atoms with Crippen LogP contribution in [0.5, 0.6) is 0 Å². The Labute approximate surface area is 187 Å². The number of Topliss-reactive ketones (excluding diaryl/α,β-unsaturated/α-hetero) is 1. The molecule has 0 aromatic rings. The average Bonchev–Trinajstić information content (AvgIpc) is 2.90. The second-order valence-corrected chi connectivity index (χ2v) is 11.0. The number of hydrogen-bond acceptors (Lipinski definition) is 8. The van der Waals surface area contributed by atoms with Gasteiger partial charge in [-0.2, -0.15) is 0 Å². The summed E-state index contributed by atoms with van der Waals surface area (Å²) in [7, 11) is 0. The lowest BCUT2D eigenvalue weighted by Crippen LogP contribution is -2.83. The van der Waals surface area contributed by atoms with Gasteiger partial charge in [-0.15, -0.1) is 0 Å². The molecule has 0 radical (unpaired) electrons. The number of ketones is 1. The quantitative estimate of drug-likeness (QED) is 0.493. The van der Waals surface area contributed by atoms with Crippen LogP contribution in [0.3, 0.4) is 0 Å². The van der Waals surface area contributed by atoms with E-state index in [2.05, 4.69) is 6.58 Å². The number of carbonyl (C=O) groups is 3. The monoisotopic (exact) mass is 448 g/mol. The highest BCUT2D eigenvalue weighted by Crippen LogP contribution is 2.76. The third-order valence-electron chi connectivity index (χ3n) is 9.40. The Balaban J connectivity index is 1.70. The normalized spacial score (nSPS) is 51.1. The summed E-state index contributed by atoms with van der Waals surface area (Å²) in [6.07, 6.45) is 1.00. The average molecular weight is 449 g/mol. The fourth-order valence-electron chi connectivity index (χ4n) is 8.53. The van der Waals surface area contributed by atoms with Crippen molar-refractivity contribution < 1.29 is 38.8 Å². The summed E-state index contributed by atoms with van der Waals surface area (Å²) in [5, 5.41) is 23.6. The maximum atomic E-state index is 13.7. The molecular formula is C24H32O8. The molecule has 9 atom stereocenters. The molecule has 4 aliphatic carbocycles. The van der Waals surface area contributed by atoms with Crippen molar-refractivity contribution >= 4 is 17.7 Å². The van der Waals surface area contributed by atoms with E-state index in [1.54, 1.807) is 0 Å². The lowest BCUT2D eigenvalue weighted by atomic mass is 9.36. The van der Waals surface area contributed by atoms with Crippen molar-refractivity contribution in [2.45, 2.75) is 70.9 Å². The minimum absolute atomic E-state index is 0.100. The van der Waals surface area contributed by atoms with Gasteiger partial charge in [0, 0.05) is 36.5 Å². The summed E-state index contributed by atoms with van der Waals surface area (Å²) in [4.78, 5) is 37.4. The van der Waals surface area contributed by atoms with Gasteiger partial charge in [0.05, 0.1) is 18.6 Å². The van der Waals surface area contributed by atoms with Crippen LogP contribution in [-0.4, -0.2) is 59.1 Å². The van der Waals surface area contributed by atoms with Crippen LogP contribution in [0.1, 0.15) is 52.9 Å². The lowest BCUT2D eigenvalue weighted by Gasteiger charge is -2.74. The molecule has 2 saturated heterocycles. The smallest absolute Gasteiger partial charge is 0.302 e. The van der Waals surface area contributed by atoms with E-state index < -0.39 is 58.0 Å². The molecule has 2 N–H and O–H groups in total. The molecule has 8 heteroatoms. The predicted molar refractivity (Wildman–Crippen MR) is 110 cm³/mol. The molecule has 6 fully saturated rings. The summed E-state index contributed by atoms with van der Waals surface area (Å²) in [5.74, 6) is -4.48. The molecule has 4 saturated carbocycles. The van der Waals surface area contributed by atoms with Crippen molar-refractivity contribution in [3.05, 3.63) is 12.2 Å². The van der Waals surface area contributed by atoms with Gasteiger partial charge in [0.2, 0.25) is 5.79 Å². The molecule has 176 valence electrons. The molecule has 0 aromatic carbocycles. The van der Waals surface area contributed by atoms with Gasteiger partial charge in [-0.3, -0.25) is 14.4 Å². The molecule has 8 nitrogen and oxygen atoms in total. The highest BCUT2D eigenvalue weighted by atomic mass is 16.6. The van der Waals surface area contributed by atoms with E-state index in [1.807, 2.05) is 6.92 Å². The third kappa shape index (κ3) is 2.41. The van der Waals surface area contributed by atoms with Crippen LogP contribution in [0.2, 0.25) is 0 Å². The van der Waals surface area contributed by atoms with Gasteiger partial charge < -0.3 is 24.4 Å². The summed E-state index contributed by atoms with van der Waals surface area (Å²) in [6.45, 7) is 8.90. The first-order valence-corrected chi connectivity index (χ1v) is 11.5. The number of esters is 2. The highest BCUT2D eigenvalue weighted by molar-refractivity contribution is 6.04. The Hall–Kier alpha value is -1.77. The Morgan fingerprint density at radius 2 is 1.94 bits per heavy atom. The molecule has 0 unspecified atom stereocenters. The minimum Gasteiger partial charge on any atom is -0.465 e. The largest absolute Gasteiger partial charge is 0.465 e. The van der Waals surface area contributed by atoms with Gasteiger partial charge in [-0.25, -0.2) is 0 Å². The van der Waals surface area contributed by atoms with Crippen LogP contribution in [0.15, 0.2) is 12.2 Å². The van der Waals surface area contributed by atoms with Gasteiger partial charge in [-0.05, 0) is 37.2 Å². The first-order valence-electron chi connectivity index (χ1n) is 11.5. The van der Waals surface area contributed by atoms with Crippen molar-refractivity contribution in [3.8, 4) is 0 Å². The Kier molecular flexibility index (Phi) is 4.57. The number of fused-ring (bicyclic) bond motifs is 2. The number of carbonyl (C=O) groups excluding carboxylic acids is 3. The lowest BCUT2D eigenvalue weighted by molar-refractivity contribution is -0.446. The van der Waals surface area contributed by atoms with E-state index in [4.69, 9.17) is 14.2 Å². The number of aliphatic hydroxyl groups excluding tert-OH is 1. The fourth-order valence-corrected chi connectivity index (χ4v) is 8.53. The van der Waals surface area contributed by atoms with Crippen molar-refractivity contribution in [2.24, 2.45) is 34.0 Å². The second-order valence-electron chi connectivity index (χ2n) is 11.0. The molecule has 0 amide bonds. The van der Waals surface area contributed by atoms with E-state index in [0.717, 1.165) is 6.42 Å². The molecular weight excluding hydrogens is 416 g/mol. The van der Waals surface area contributed by atoms with Gasteiger partial charge in [0.15, 0.2) is 5.78 Å². The number of rotatable bonds is 3. The van der Waals surface area contributed by atoms with E-state index in [0.29, 0.717) is 31.3 Å². The molecule has 2 aliphatic heterocycles. The maximum Gasteiger partial charge on any atom is 0.302 e. The molecule has 0 aromatic heterocycles.